The molecule has 2 saturated heterocycles. The highest BCUT2D eigenvalue weighted by atomic mass is 16.8. The molecule has 0 radical (unpaired) electrons. The molecule has 4 rings (SSSR count). The zero-order valence-corrected chi connectivity index (χ0v) is 25.9. The number of carbonyl (C=O) groups is 3. The number of nitrogens with one attached hydrogen (secondary N) is 2. The molecule has 2 aromatic rings. The highest BCUT2D eigenvalue weighted by Crippen LogP contribution is 2.23. The maximum Gasteiger partial charge on any atom is 0.279 e. The summed E-state index contributed by atoms with van der Waals surface area (Å²) in [5, 5.41) is 2.47. The minimum atomic E-state index is -1.88. The summed E-state index contributed by atoms with van der Waals surface area (Å²) in [7, 11) is 2.80. The first-order valence-electron chi connectivity index (χ1n) is 14.7. The van der Waals surface area contributed by atoms with Crippen molar-refractivity contribution < 1.29 is 38.2 Å². The van der Waals surface area contributed by atoms with Crippen molar-refractivity contribution in [2.75, 3.05) is 33.9 Å². The van der Waals surface area contributed by atoms with Gasteiger partial charge in [0.2, 0.25) is 0 Å². The summed E-state index contributed by atoms with van der Waals surface area (Å²) >= 11 is 0. The standard InChI is InChI=1S/C33H41N3O8/c1-32(2)42-22-27(43-32)21-40-20-25-13-11-23(12-14-25)9-10-24-15-17-26(18-16-24)29(37)36(5)33(3,30(38)34-4)31(39)35-44-28-8-6-7-19-41-28/h11-18,27-28H,6-8,19-22H2,1-5H3,(H,34,38)(H,35,39). The fourth-order valence-electron chi connectivity index (χ4n) is 4.75. The van der Waals surface area contributed by atoms with Crippen LogP contribution in [0.5, 0.6) is 0 Å². The van der Waals surface area contributed by atoms with Crippen LogP contribution in [0.1, 0.15) is 67.1 Å². The van der Waals surface area contributed by atoms with Gasteiger partial charge >= 0.3 is 0 Å². The van der Waals surface area contributed by atoms with Crippen molar-refractivity contribution in [3.63, 3.8) is 0 Å². The first-order chi connectivity index (χ1) is 21.0. The predicted molar refractivity (Wildman–Crippen MR) is 161 cm³/mol. The van der Waals surface area contributed by atoms with Crippen LogP contribution in [0.25, 0.3) is 0 Å². The maximum atomic E-state index is 13.4. The fraction of sp³-hybridized carbons (Fsp3) is 0.485. The summed E-state index contributed by atoms with van der Waals surface area (Å²) in [5.41, 5.74) is 3.27. The van der Waals surface area contributed by atoms with E-state index in [-0.39, 0.29) is 6.10 Å². The number of nitrogens with zero attached hydrogens (tertiary/aromatic N) is 1. The van der Waals surface area contributed by atoms with Crippen LogP contribution >= 0.6 is 0 Å². The second kappa shape index (κ2) is 14.8. The van der Waals surface area contributed by atoms with Crippen LogP contribution in [0.4, 0.5) is 0 Å². The van der Waals surface area contributed by atoms with Gasteiger partial charge in [0.15, 0.2) is 17.6 Å². The Kier molecular flexibility index (Phi) is 11.1. The number of ether oxygens (including phenoxy) is 4. The van der Waals surface area contributed by atoms with Crippen molar-refractivity contribution >= 4 is 17.7 Å². The minimum Gasteiger partial charge on any atom is -0.374 e. The van der Waals surface area contributed by atoms with E-state index in [9.17, 15) is 14.4 Å². The quantitative estimate of drug-likeness (QED) is 0.240. The number of likely N-dealkylation sites (N-methyl/N-ethyl adjacent to an activating group) is 2. The van der Waals surface area contributed by atoms with Gasteiger partial charge in [0.05, 0.1) is 19.8 Å². The van der Waals surface area contributed by atoms with Crippen molar-refractivity contribution in [1.82, 2.24) is 15.7 Å². The largest absolute Gasteiger partial charge is 0.374 e. The Morgan fingerprint density at radius 2 is 1.68 bits per heavy atom. The zero-order chi connectivity index (χ0) is 31.7. The molecule has 2 aliphatic rings. The topological polar surface area (TPSA) is 125 Å². The average Bonchev–Trinajstić information content (AvgIpc) is 3.40. The van der Waals surface area contributed by atoms with Gasteiger partial charge in [0.1, 0.15) is 6.10 Å². The Morgan fingerprint density at radius 3 is 2.25 bits per heavy atom. The smallest absolute Gasteiger partial charge is 0.279 e. The van der Waals surface area contributed by atoms with Crippen LogP contribution in [-0.4, -0.2) is 80.3 Å². The van der Waals surface area contributed by atoms with Gasteiger partial charge in [-0.15, -0.1) is 0 Å². The molecule has 3 amide bonds. The number of amides is 3. The Morgan fingerprint density at radius 1 is 1.02 bits per heavy atom. The molecule has 2 aliphatic heterocycles. The number of carbonyl (C=O) groups excluding carboxylic acids is 3. The van der Waals surface area contributed by atoms with Crippen molar-refractivity contribution in [2.24, 2.45) is 0 Å². The molecule has 11 nitrogen and oxygen atoms in total. The minimum absolute atomic E-state index is 0.0711. The van der Waals surface area contributed by atoms with Gasteiger partial charge in [0.25, 0.3) is 17.7 Å². The molecule has 0 bridgehead atoms. The Balaban J connectivity index is 1.33. The first kappa shape index (κ1) is 33.1. The lowest BCUT2D eigenvalue weighted by Crippen LogP contribution is -2.65. The molecule has 0 aliphatic carbocycles. The molecule has 236 valence electrons. The van der Waals surface area contributed by atoms with E-state index in [0.717, 1.165) is 28.9 Å². The van der Waals surface area contributed by atoms with E-state index >= 15 is 0 Å². The number of rotatable bonds is 10. The van der Waals surface area contributed by atoms with Crippen LogP contribution in [0.3, 0.4) is 0 Å². The van der Waals surface area contributed by atoms with Gasteiger partial charge in [-0.05, 0) is 75.6 Å². The molecule has 2 heterocycles. The second-order valence-corrected chi connectivity index (χ2v) is 11.4. The van der Waals surface area contributed by atoms with E-state index < -0.39 is 35.3 Å². The lowest BCUT2D eigenvalue weighted by Gasteiger charge is -2.36. The maximum absolute atomic E-state index is 13.4. The third kappa shape index (κ3) is 8.43. The van der Waals surface area contributed by atoms with Crippen LogP contribution < -0.4 is 10.8 Å². The molecule has 3 unspecified atom stereocenters. The van der Waals surface area contributed by atoms with Crippen molar-refractivity contribution in [1.29, 1.82) is 0 Å². The number of hydrogen-bond acceptors (Lipinski definition) is 8. The normalized spacial score (nSPS) is 20.5. The summed E-state index contributed by atoms with van der Waals surface area (Å²) in [4.78, 5) is 45.8. The summed E-state index contributed by atoms with van der Waals surface area (Å²) in [6, 6.07) is 14.4. The lowest BCUT2D eigenvalue weighted by atomic mass is 9.96. The van der Waals surface area contributed by atoms with Gasteiger partial charge < -0.3 is 29.2 Å². The van der Waals surface area contributed by atoms with Crippen LogP contribution in [0.2, 0.25) is 0 Å². The number of hydrogen-bond donors (Lipinski definition) is 2. The predicted octanol–water partition coefficient (Wildman–Crippen LogP) is 2.91. The van der Waals surface area contributed by atoms with Gasteiger partial charge in [-0.1, -0.05) is 24.0 Å². The van der Waals surface area contributed by atoms with Gasteiger partial charge in [-0.2, -0.15) is 0 Å². The van der Waals surface area contributed by atoms with Gasteiger partial charge in [0, 0.05) is 43.8 Å². The molecular formula is C33H41N3O8. The van der Waals surface area contributed by atoms with Gasteiger partial charge in [-0.25, -0.2) is 10.3 Å². The molecule has 11 heteroatoms. The van der Waals surface area contributed by atoms with Crippen LogP contribution in [0.15, 0.2) is 48.5 Å². The molecular weight excluding hydrogens is 566 g/mol. The number of benzene rings is 2. The SMILES string of the molecule is CNC(=O)C(C)(C(=O)NOC1CCCCO1)N(C)C(=O)c1ccc(C#Cc2ccc(COCC3COC(C)(C)O3)cc2)cc1. The summed E-state index contributed by atoms with van der Waals surface area (Å²) in [5.74, 6) is 3.68. The average molecular weight is 608 g/mol. The molecule has 2 N–H and O–H groups in total. The van der Waals surface area contributed by atoms with E-state index in [1.54, 1.807) is 24.3 Å². The summed E-state index contributed by atoms with van der Waals surface area (Å²) in [6.45, 7) is 7.10. The summed E-state index contributed by atoms with van der Waals surface area (Å²) in [6.07, 6.45) is 1.77. The van der Waals surface area contributed by atoms with Crippen LogP contribution in [0, 0.1) is 11.8 Å². The number of hydroxylamine groups is 1. The molecule has 3 atom stereocenters. The Hall–Kier alpha value is -3.79. The molecule has 2 aromatic carbocycles. The zero-order valence-electron chi connectivity index (χ0n) is 25.9. The van der Waals surface area contributed by atoms with Crippen molar-refractivity contribution in [2.45, 2.75) is 70.4 Å². The lowest BCUT2D eigenvalue weighted by molar-refractivity contribution is -0.204. The van der Waals surface area contributed by atoms with E-state index in [1.165, 1.54) is 21.0 Å². The molecule has 0 saturated carbocycles. The third-order valence-electron chi connectivity index (χ3n) is 7.58. The first-order valence-corrected chi connectivity index (χ1v) is 14.7. The molecule has 2 fully saturated rings. The highest BCUT2D eigenvalue weighted by molar-refractivity contribution is 6.12. The Bertz CT molecular complexity index is 1360. The summed E-state index contributed by atoms with van der Waals surface area (Å²) < 4.78 is 22.5. The second-order valence-electron chi connectivity index (χ2n) is 11.4. The molecule has 0 aromatic heterocycles. The Labute approximate surface area is 258 Å². The van der Waals surface area contributed by atoms with E-state index in [2.05, 4.69) is 22.6 Å². The van der Waals surface area contributed by atoms with Crippen molar-refractivity contribution in [3.8, 4) is 11.8 Å². The molecule has 44 heavy (non-hydrogen) atoms. The van der Waals surface area contributed by atoms with Gasteiger partial charge in [-0.3, -0.25) is 14.4 Å². The van der Waals surface area contributed by atoms with E-state index in [4.69, 9.17) is 23.8 Å². The van der Waals surface area contributed by atoms with Crippen molar-refractivity contribution in [3.05, 3.63) is 70.8 Å². The van der Waals surface area contributed by atoms with Crippen LogP contribution in [-0.2, 0) is 40.0 Å². The van der Waals surface area contributed by atoms with E-state index in [1.807, 2.05) is 38.1 Å². The highest BCUT2D eigenvalue weighted by Gasteiger charge is 2.47. The van der Waals surface area contributed by atoms with E-state index in [0.29, 0.717) is 44.0 Å². The third-order valence-corrected chi connectivity index (χ3v) is 7.58. The monoisotopic (exact) mass is 607 g/mol. The molecule has 0 spiro atoms. The fourth-order valence-corrected chi connectivity index (χ4v) is 4.75.